The minimum Gasteiger partial charge on any atom is -0.464 e. The zero-order valence-electron chi connectivity index (χ0n) is 16.1. The molecule has 0 atom stereocenters. The fourth-order valence-corrected chi connectivity index (χ4v) is 3.75. The molecule has 0 saturated carbocycles. The third kappa shape index (κ3) is 4.12. The van der Waals surface area contributed by atoms with Gasteiger partial charge in [0.15, 0.2) is 5.69 Å². The summed E-state index contributed by atoms with van der Waals surface area (Å²) in [6, 6.07) is 14.9. The molecule has 2 N–H and O–H groups in total. The number of rotatable bonds is 4. The fourth-order valence-electron chi connectivity index (χ4n) is 3.23. The lowest BCUT2D eigenvalue weighted by atomic mass is 10.0. The molecule has 0 unspecified atom stereocenters. The first-order valence-electron chi connectivity index (χ1n) is 8.99. The van der Waals surface area contributed by atoms with Crippen molar-refractivity contribution < 1.29 is 26.0 Å². The van der Waals surface area contributed by atoms with Crippen LogP contribution in [0.3, 0.4) is 0 Å². The number of hydrogen-bond donors (Lipinski definition) is 1. The Balaban J connectivity index is 1.85. The standard InChI is InChI=1S/C21H16F3N3O3S/c1-13-11-14(19-3-2-10-30-19)4-9-17(13)18-12-20(21(22,23)24)26-27(18)15-5-7-16(8-6-15)31(25,28)29/h2-12H,1H3,(H2,25,28,29). The van der Waals surface area contributed by atoms with Crippen molar-refractivity contribution in [2.24, 2.45) is 5.14 Å². The number of halogens is 3. The van der Waals surface area contributed by atoms with E-state index < -0.39 is 21.9 Å². The molecule has 10 heteroatoms. The topological polar surface area (TPSA) is 91.1 Å². The Morgan fingerprint density at radius 2 is 1.74 bits per heavy atom. The van der Waals surface area contributed by atoms with Gasteiger partial charge in [-0.05, 0) is 61.0 Å². The van der Waals surface area contributed by atoms with Crippen LogP contribution in [0.1, 0.15) is 11.3 Å². The minimum absolute atomic E-state index is 0.153. The quantitative estimate of drug-likeness (QED) is 0.488. The van der Waals surface area contributed by atoms with Crippen LogP contribution in [0.5, 0.6) is 0 Å². The van der Waals surface area contributed by atoms with Crippen molar-refractivity contribution in [1.82, 2.24) is 9.78 Å². The van der Waals surface area contributed by atoms with Gasteiger partial charge in [-0.15, -0.1) is 0 Å². The van der Waals surface area contributed by atoms with Crippen LogP contribution in [0.25, 0.3) is 28.3 Å². The molecule has 4 rings (SSSR count). The number of furan rings is 1. The fraction of sp³-hybridized carbons (Fsp3) is 0.0952. The van der Waals surface area contributed by atoms with E-state index >= 15 is 0 Å². The first-order valence-corrected chi connectivity index (χ1v) is 10.5. The van der Waals surface area contributed by atoms with Crippen molar-refractivity contribution in [3.8, 4) is 28.3 Å². The van der Waals surface area contributed by atoms with E-state index in [9.17, 15) is 21.6 Å². The molecular formula is C21H16F3N3O3S. The molecule has 0 aliphatic rings. The van der Waals surface area contributed by atoms with Crippen LogP contribution in [0.4, 0.5) is 13.2 Å². The number of nitrogens with two attached hydrogens (primary N) is 1. The third-order valence-electron chi connectivity index (χ3n) is 4.72. The smallest absolute Gasteiger partial charge is 0.435 e. The Labute approximate surface area is 175 Å². The Bertz CT molecular complexity index is 1340. The van der Waals surface area contributed by atoms with Gasteiger partial charge in [0.1, 0.15) is 5.76 Å². The number of primary sulfonamides is 1. The first kappa shape index (κ1) is 20.9. The van der Waals surface area contributed by atoms with Crippen LogP contribution in [-0.4, -0.2) is 18.2 Å². The first-order chi connectivity index (χ1) is 14.5. The van der Waals surface area contributed by atoms with Crippen molar-refractivity contribution in [3.05, 3.63) is 78.2 Å². The van der Waals surface area contributed by atoms with Crippen LogP contribution in [0, 0.1) is 6.92 Å². The lowest BCUT2D eigenvalue weighted by Gasteiger charge is -2.11. The molecule has 0 aliphatic heterocycles. The average Bonchev–Trinajstić information content (AvgIpc) is 3.37. The highest BCUT2D eigenvalue weighted by molar-refractivity contribution is 7.89. The van der Waals surface area contributed by atoms with Gasteiger partial charge in [0.2, 0.25) is 10.0 Å². The number of alkyl halides is 3. The van der Waals surface area contributed by atoms with Gasteiger partial charge in [0, 0.05) is 11.1 Å². The SMILES string of the molecule is Cc1cc(-c2ccco2)ccc1-c1cc(C(F)(F)F)nn1-c1ccc(S(N)(=O)=O)cc1. The Morgan fingerprint density at radius 1 is 1.03 bits per heavy atom. The summed E-state index contributed by atoms with van der Waals surface area (Å²) in [5, 5.41) is 8.82. The Morgan fingerprint density at radius 3 is 2.29 bits per heavy atom. The van der Waals surface area contributed by atoms with Crippen LogP contribution in [0.15, 0.2) is 76.2 Å². The summed E-state index contributed by atoms with van der Waals surface area (Å²) in [4.78, 5) is -0.153. The van der Waals surface area contributed by atoms with Gasteiger partial charge in [-0.3, -0.25) is 0 Å². The highest BCUT2D eigenvalue weighted by Crippen LogP contribution is 2.35. The zero-order valence-corrected chi connectivity index (χ0v) is 16.9. The zero-order chi connectivity index (χ0) is 22.4. The van der Waals surface area contributed by atoms with Crippen molar-refractivity contribution in [2.75, 3.05) is 0 Å². The highest BCUT2D eigenvalue weighted by atomic mass is 32.2. The van der Waals surface area contributed by atoms with Crippen molar-refractivity contribution in [1.29, 1.82) is 0 Å². The van der Waals surface area contributed by atoms with Gasteiger partial charge in [0.05, 0.1) is 22.5 Å². The molecule has 0 radical (unpaired) electrons. The molecule has 0 aliphatic carbocycles. The third-order valence-corrected chi connectivity index (χ3v) is 5.65. The summed E-state index contributed by atoms with van der Waals surface area (Å²) < 4.78 is 69.7. The van der Waals surface area contributed by atoms with Gasteiger partial charge >= 0.3 is 6.18 Å². The van der Waals surface area contributed by atoms with Crippen LogP contribution in [0.2, 0.25) is 0 Å². The molecule has 0 saturated heterocycles. The van der Waals surface area contributed by atoms with E-state index in [-0.39, 0.29) is 16.3 Å². The number of hydrogen-bond acceptors (Lipinski definition) is 4. The normalized spacial score (nSPS) is 12.3. The number of nitrogens with zero attached hydrogens (tertiary/aromatic N) is 2. The maximum Gasteiger partial charge on any atom is 0.435 e. The summed E-state index contributed by atoms with van der Waals surface area (Å²) in [7, 11) is -3.93. The molecular weight excluding hydrogens is 431 g/mol. The number of benzene rings is 2. The lowest BCUT2D eigenvalue weighted by molar-refractivity contribution is -0.141. The average molecular weight is 447 g/mol. The summed E-state index contributed by atoms with van der Waals surface area (Å²) in [6.07, 6.45) is -3.11. The van der Waals surface area contributed by atoms with Crippen molar-refractivity contribution in [3.63, 3.8) is 0 Å². The summed E-state index contributed by atoms with van der Waals surface area (Å²) in [5.74, 6) is 0.637. The lowest BCUT2D eigenvalue weighted by Crippen LogP contribution is -2.12. The summed E-state index contributed by atoms with van der Waals surface area (Å²) >= 11 is 0. The number of aryl methyl sites for hydroxylation is 1. The Kier molecular flexibility index (Phi) is 4.98. The molecule has 160 valence electrons. The summed E-state index contributed by atoms with van der Waals surface area (Å²) in [6.45, 7) is 1.77. The maximum absolute atomic E-state index is 13.4. The van der Waals surface area contributed by atoms with E-state index in [1.807, 2.05) is 6.07 Å². The molecule has 0 spiro atoms. The predicted molar refractivity (Wildman–Crippen MR) is 108 cm³/mol. The van der Waals surface area contributed by atoms with Gasteiger partial charge in [-0.25, -0.2) is 18.2 Å². The monoisotopic (exact) mass is 447 g/mol. The second kappa shape index (κ2) is 7.40. The van der Waals surface area contributed by atoms with Gasteiger partial charge in [0.25, 0.3) is 0 Å². The molecule has 0 fully saturated rings. The van der Waals surface area contributed by atoms with Gasteiger partial charge < -0.3 is 4.42 Å². The van der Waals surface area contributed by atoms with E-state index in [2.05, 4.69) is 5.10 Å². The van der Waals surface area contributed by atoms with Crippen molar-refractivity contribution in [2.45, 2.75) is 18.0 Å². The van der Waals surface area contributed by atoms with Crippen LogP contribution < -0.4 is 5.14 Å². The summed E-state index contributed by atoms with van der Waals surface area (Å²) in [5.41, 5.74) is 1.43. The van der Waals surface area contributed by atoms with E-state index in [0.29, 0.717) is 16.9 Å². The molecule has 31 heavy (non-hydrogen) atoms. The van der Waals surface area contributed by atoms with Crippen molar-refractivity contribution >= 4 is 10.0 Å². The second-order valence-corrected chi connectivity index (χ2v) is 8.43. The Hall–Kier alpha value is -3.37. The molecule has 4 aromatic rings. The van der Waals surface area contributed by atoms with E-state index in [0.717, 1.165) is 16.3 Å². The molecule has 2 aromatic carbocycles. The highest BCUT2D eigenvalue weighted by Gasteiger charge is 2.35. The molecule has 0 amide bonds. The second-order valence-electron chi connectivity index (χ2n) is 6.87. The minimum atomic E-state index is -4.65. The largest absolute Gasteiger partial charge is 0.464 e. The molecule has 6 nitrogen and oxygen atoms in total. The van der Waals surface area contributed by atoms with E-state index in [1.54, 1.807) is 31.2 Å². The van der Waals surface area contributed by atoms with E-state index in [1.165, 1.54) is 30.5 Å². The predicted octanol–water partition coefficient (Wildman–Crippen LogP) is 4.77. The molecule has 2 aromatic heterocycles. The number of aromatic nitrogens is 2. The van der Waals surface area contributed by atoms with Gasteiger partial charge in [-0.1, -0.05) is 12.1 Å². The molecule has 2 heterocycles. The number of sulfonamides is 1. The van der Waals surface area contributed by atoms with Crippen LogP contribution in [-0.2, 0) is 16.2 Å². The van der Waals surface area contributed by atoms with Gasteiger partial charge in [-0.2, -0.15) is 18.3 Å². The maximum atomic E-state index is 13.4. The van der Waals surface area contributed by atoms with E-state index in [4.69, 9.17) is 9.56 Å². The van der Waals surface area contributed by atoms with Crippen LogP contribution >= 0.6 is 0 Å². The molecule has 0 bridgehead atoms.